The van der Waals surface area contributed by atoms with Gasteiger partial charge in [-0.2, -0.15) is 0 Å². The van der Waals surface area contributed by atoms with Crippen molar-refractivity contribution in [1.82, 2.24) is 10.2 Å². The molecule has 2 amide bonds. The summed E-state index contributed by atoms with van der Waals surface area (Å²) in [5.41, 5.74) is 0.963. The van der Waals surface area contributed by atoms with Crippen molar-refractivity contribution in [1.29, 1.82) is 0 Å². The van der Waals surface area contributed by atoms with Crippen LogP contribution in [-0.4, -0.2) is 49.6 Å². The highest BCUT2D eigenvalue weighted by Gasteiger charge is 2.36. The average Bonchev–Trinajstić information content (AvgIpc) is 2.91. The summed E-state index contributed by atoms with van der Waals surface area (Å²) in [4.78, 5) is 25.9. The van der Waals surface area contributed by atoms with E-state index in [1.54, 1.807) is 24.1 Å². The second-order valence-electron chi connectivity index (χ2n) is 5.92. The molecule has 1 N–H and O–H groups in total. The van der Waals surface area contributed by atoms with Crippen molar-refractivity contribution in [3.63, 3.8) is 0 Å². The van der Waals surface area contributed by atoms with Crippen molar-refractivity contribution < 1.29 is 18.7 Å². The zero-order valence-corrected chi connectivity index (χ0v) is 13.5. The summed E-state index contributed by atoms with van der Waals surface area (Å²) in [6.45, 7) is 3.29. The summed E-state index contributed by atoms with van der Waals surface area (Å²) in [6.07, 6.45) is 0.882. The molecule has 1 heterocycles. The van der Waals surface area contributed by atoms with Crippen LogP contribution in [0.5, 0.6) is 0 Å². The van der Waals surface area contributed by atoms with Gasteiger partial charge in [-0.25, -0.2) is 4.39 Å². The van der Waals surface area contributed by atoms with E-state index in [-0.39, 0.29) is 36.0 Å². The first kappa shape index (κ1) is 17.4. The van der Waals surface area contributed by atoms with Crippen LogP contribution in [0.1, 0.15) is 18.9 Å². The third kappa shape index (κ3) is 4.76. The van der Waals surface area contributed by atoms with E-state index in [2.05, 4.69) is 5.32 Å². The van der Waals surface area contributed by atoms with Crippen molar-refractivity contribution in [2.45, 2.75) is 25.8 Å². The van der Waals surface area contributed by atoms with E-state index >= 15 is 0 Å². The lowest BCUT2D eigenvalue weighted by Gasteiger charge is -2.23. The lowest BCUT2D eigenvalue weighted by molar-refractivity contribution is -0.130. The average molecular weight is 322 g/mol. The van der Waals surface area contributed by atoms with Crippen LogP contribution >= 0.6 is 0 Å². The van der Waals surface area contributed by atoms with Gasteiger partial charge in [-0.15, -0.1) is 0 Å². The molecule has 0 bridgehead atoms. The SMILES string of the molecule is COC[C@@H](C)N1C[C@@H](C(=O)NCCc2ccc(F)cc2)CC1=O. The predicted octanol–water partition coefficient (Wildman–Crippen LogP) is 1.37. The number of carbonyl (C=O) groups excluding carboxylic acids is 2. The molecule has 1 aromatic rings. The Labute approximate surface area is 135 Å². The molecule has 1 aromatic carbocycles. The standard InChI is InChI=1S/C17H23FN2O3/c1-12(11-23-2)20-10-14(9-16(20)21)17(22)19-8-7-13-3-5-15(18)6-4-13/h3-6,12,14H,7-11H2,1-2H3,(H,19,22)/t12-,14+/m1/s1. The molecule has 2 atom stereocenters. The molecule has 1 aliphatic rings. The Morgan fingerprint density at radius 2 is 2.13 bits per heavy atom. The number of benzene rings is 1. The van der Waals surface area contributed by atoms with Crippen LogP contribution in [0.15, 0.2) is 24.3 Å². The van der Waals surface area contributed by atoms with E-state index in [9.17, 15) is 14.0 Å². The molecular formula is C17H23FN2O3. The second kappa shape index (κ2) is 8.06. The normalized spacial score (nSPS) is 19.0. The lowest BCUT2D eigenvalue weighted by Crippen LogP contribution is -2.39. The molecule has 0 aliphatic carbocycles. The van der Waals surface area contributed by atoms with Gasteiger partial charge in [0.1, 0.15) is 5.82 Å². The van der Waals surface area contributed by atoms with Crippen LogP contribution in [0, 0.1) is 11.7 Å². The van der Waals surface area contributed by atoms with E-state index in [4.69, 9.17) is 4.74 Å². The van der Waals surface area contributed by atoms with Crippen molar-refractivity contribution in [3.8, 4) is 0 Å². The Morgan fingerprint density at radius 1 is 1.43 bits per heavy atom. The van der Waals surface area contributed by atoms with E-state index in [1.807, 2.05) is 6.92 Å². The highest BCUT2D eigenvalue weighted by atomic mass is 19.1. The molecule has 2 rings (SSSR count). The summed E-state index contributed by atoms with van der Waals surface area (Å²) >= 11 is 0. The van der Waals surface area contributed by atoms with E-state index in [1.165, 1.54) is 12.1 Å². The molecule has 126 valence electrons. The van der Waals surface area contributed by atoms with Gasteiger partial charge in [0.05, 0.1) is 18.6 Å². The maximum Gasteiger partial charge on any atom is 0.225 e. The van der Waals surface area contributed by atoms with Gasteiger partial charge in [-0.05, 0) is 31.0 Å². The number of likely N-dealkylation sites (tertiary alicyclic amines) is 1. The van der Waals surface area contributed by atoms with Crippen LogP contribution < -0.4 is 5.32 Å². The maximum absolute atomic E-state index is 12.8. The third-order valence-corrected chi connectivity index (χ3v) is 4.10. The van der Waals surface area contributed by atoms with Gasteiger partial charge in [-0.1, -0.05) is 12.1 Å². The molecule has 1 fully saturated rings. The van der Waals surface area contributed by atoms with Crippen molar-refractivity contribution in [3.05, 3.63) is 35.6 Å². The zero-order chi connectivity index (χ0) is 16.8. The Bertz CT molecular complexity index is 547. The van der Waals surface area contributed by atoms with Crippen LogP contribution in [0.2, 0.25) is 0 Å². The van der Waals surface area contributed by atoms with Crippen LogP contribution in [0.25, 0.3) is 0 Å². The number of methoxy groups -OCH3 is 1. The summed E-state index contributed by atoms with van der Waals surface area (Å²) in [6, 6.07) is 6.19. The monoisotopic (exact) mass is 322 g/mol. The van der Waals surface area contributed by atoms with Crippen LogP contribution in [-0.2, 0) is 20.7 Å². The highest BCUT2D eigenvalue weighted by molar-refractivity contribution is 5.89. The topological polar surface area (TPSA) is 58.6 Å². The minimum atomic E-state index is -0.310. The Kier molecular flexibility index (Phi) is 6.10. The van der Waals surface area contributed by atoms with Crippen LogP contribution in [0.4, 0.5) is 4.39 Å². The fourth-order valence-corrected chi connectivity index (χ4v) is 2.79. The summed E-state index contributed by atoms with van der Waals surface area (Å²) < 4.78 is 17.9. The first-order chi connectivity index (χ1) is 11.0. The molecule has 6 heteroatoms. The molecular weight excluding hydrogens is 299 g/mol. The number of amides is 2. The zero-order valence-electron chi connectivity index (χ0n) is 13.5. The number of ether oxygens (including phenoxy) is 1. The van der Waals surface area contributed by atoms with Crippen molar-refractivity contribution in [2.75, 3.05) is 26.8 Å². The van der Waals surface area contributed by atoms with Gasteiger partial charge in [0.15, 0.2) is 0 Å². The molecule has 1 saturated heterocycles. The summed E-state index contributed by atoms with van der Waals surface area (Å²) in [7, 11) is 1.59. The van der Waals surface area contributed by atoms with E-state index in [0.29, 0.717) is 26.1 Å². The van der Waals surface area contributed by atoms with Gasteiger partial charge in [0.2, 0.25) is 11.8 Å². The Hall–Kier alpha value is -1.95. The molecule has 0 radical (unpaired) electrons. The quantitative estimate of drug-likeness (QED) is 0.825. The maximum atomic E-state index is 12.8. The minimum absolute atomic E-state index is 0.00626. The number of nitrogens with one attached hydrogen (secondary N) is 1. The molecule has 5 nitrogen and oxygen atoms in total. The molecule has 0 spiro atoms. The molecule has 0 aromatic heterocycles. The smallest absolute Gasteiger partial charge is 0.225 e. The van der Waals surface area contributed by atoms with Gasteiger partial charge in [-0.3, -0.25) is 9.59 Å². The second-order valence-corrected chi connectivity index (χ2v) is 5.92. The first-order valence-corrected chi connectivity index (χ1v) is 7.81. The van der Waals surface area contributed by atoms with E-state index < -0.39 is 0 Å². The molecule has 0 unspecified atom stereocenters. The third-order valence-electron chi connectivity index (χ3n) is 4.10. The highest BCUT2D eigenvalue weighted by Crippen LogP contribution is 2.20. The fourth-order valence-electron chi connectivity index (χ4n) is 2.79. The number of rotatable bonds is 7. The van der Waals surface area contributed by atoms with Crippen molar-refractivity contribution in [2.24, 2.45) is 5.92 Å². The number of hydrogen-bond donors (Lipinski definition) is 1. The van der Waals surface area contributed by atoms with Crippen molar-refractivity contribution >= 4 is 11.8 Å². The molecule has 0 saturated carbocycles. The molecule has 23 heavy (non-hydrogen) atoms. The van der Waals surface area contributed by atoms with Gasteiger partial charge in [0.25, 0.3) is 0 Å². The summed E-state index contributed by atoms with van der Waals surface area (Å²) in [5.74, 6) is -0.691. The number of halogens is 1. The first-order valence-electron chi connectivity index (χ1n) is 7.81. The molecule has 1 aliphatic heterocycles. The number of nitrogens with zero attached hydrogens (tertiary/aromatic N) is 1. The predicted molar refractivity (Wildman–Crippen MR) is 84.3 cm³/mol. The Balaban J connectivity index is 1.78. The van der Waals surface area contributed by atoms with Gasteiger partial charge < -0.3 is 15.0 Å². The number of hydrogen-bond acceptors (Lipinski definition) is 3. The van der Waals surface area contributed by atoms with Gasteiger partial charge >= 0.3 is 0 Å². The minimum Gasteiger partial charge on any atom is -0.383 e. The van der Waals surface area contributed by atoms with Gasteiger partial charge in [0, 0.05) is 26.6 Å². The van der Waals surface area contributed by atoms with E-state index in [0.717, 1.165) is 5.56 Å². The van der Waals surface area contributed by atoms with Crippen LogP contribution in [0.3, 0.4) is 0 Å². The fraction of sp³-hybridized carbons (Fsp3) is 0.529. The largest absolute Gasteiger partial charge is 0.383 e. The summed E-state index contributed by atoms with van der Waals surface area (Å²) in [5, 5.41) is 2.86. The Morgan fingerprint density at radius 3 is 2.78 bits per heavy atom. The number of carbonyl (C=O) groups is 2. The lowest BCUT2D eigenvalue weighted by atomic mass is 10.1.